The lowest BCUT2D eigenvalue weighted by molar-refractivity contribution is -0.385. The van der Waals surface area contributed by atoms with Gasteiger partial charge in [0.1, 0.15) is 0 Å². The van der Waals surface area contributed by atoms with Crippen LogP contribution in [0.2, 0.25) is 0 Å². The van der Waals surface area contributed by atoms with Gasteiger partial charge in [-0.2, -0.15) is 0 Å². The van der Waals surface area contributed by atoms with Crippen molar-refractivity contribution in [3.63, 3.8) is 0 Å². The van der Waals surface area contributed by atoms with Gasteiger partial charge in [-0.1, -0.05) is 48.5 Å². The van der Waals surface area contributed by atoms with Crippen molar-refractivity contribution < 1.29 is 14.6 Å². The molecule has 7 heteroatoms. The summed E-state index contributed by atoms with van der Waals surface area (Å²) in [6, 6.07) is 14.0. The number of hydrogen-bond donors (Lipinski definition) is 1. The lowest BCUT2D eigenvalue weighted by Gasteiger charge is -2.14. The first-order valence-corrected chi connectivity index (χ1v) is 8.28. The van der Waals surface area contributed by atoms with Crippen molar-refractivity contribution in [3.05, 3.63) is 75.3 Å². The number of oxime groups is 1. The van der Waals surface area contributed by atoms with Crippen LogP contribution in [0.3, 0.4) is 0 Å². The summed E-state index contributed by atoms with van der Waals surface area (Å²) in [4.78, 5) is 27.3. The Morgan fingerprint density at radius 1 is 1.27 bits per heavy atom. The first-order valence-electron chi connectivity index (χ1n) is 8.28. The molecule has 0 spiro atoms. The summed E-state index contributed by atoms with van der Waals surface area (Å²) in [5.41, 5.74) is 2.47. The van der Waals surface area contributed by atoms with E-state index in [9.17, 15) is 14.9 Å². The van der Waals surface area contributed by atoms with Crippen LogP contribution in [0.4, 0.5) is 5.69 Å². The molecule has 0 heterocycles. The third kappa shape index (κ3) is 5.41. The Morgan fingerprint density at radius 2 is 1.96 bits per heavy atom. The molecule has 7 nitrogen and oxygen atoms in total. The standard InChI is InChI=1S/C19H21N3O4/c1-3-15-8-10-16(11-9-15)14(2)21-19(23)13-26-20-12-17-6-4-5-7-18(17)22(24)25/h4-12,14H,3,13H2,1-2H3,(H,21,23)/b20-12+. The Morgan fingerprint density at radius 3 is 2.62 bits per heavy atom. The topological polar surface area (TPSA) is 93.8 Å². The maximum atomic E-state index is 11.9. The summed E-state index contributed by atoms with van der Waals surface area (Å²) >= 11 is 0. The summed E-state index contributed by atoms with van der Waals surface area (Å²) in [5.74, 6) is -0.322. The Kier molecular flexibility index (Phi) is 6.84. The number of benzene rings is 2. The summed E-state index contributed by atoms with van der Waals surface area (Å²) in [6.45, 7) is 3.70. The average Bonchev–Trinajstić information content (AvgIpc) is 2.65. The van der Waals surface area contributed by atoms with E-state index in [4.69, 9.17) is 4.84 Å². The molecule has 136 valence electrons. The number of carbonyl (C=O) groups excluding carboxylic acids is 1. The molecule has 0 bridgehead atoms. The molecule has 1 unspecified atom stereocenters. The summed E-state index contributed by atoms with van der Waals surface area (Å²) in [6.07, 6.45) is 2.19. The van der Waals surface area contributed by atoms with Crippen LogP contribution < -0.4 is 5.32 Å². The van der Waals surface area contributed by atoms with E-state index in [1.165, 1.54) is 17.8 Å². The van der Waals surface area contributed by atoms with Crippen LogP contribution in [0.15, 0.2) is 53.7 Å². The quantitative estimate of drug-likeness (QED) is 0.446. The zero-order valence-corrected chi connectivity index (χ0v) is 14.7. The van der Waals surface area contributed by atoms with Crippen molar-refractivity contribution in [1.29, 1.82) is 0 Å². The van der Waals surface area contributed by atoms with E-state index in [1.54, 1.807) is 18.2 Å². The second-order valence-electron chi connectivity index (χ2n) is 5.71. The Balaban J connectivity index is 1.84. The van der Waals surface area contributed by atoms with Gasteiger partial charge in [-0.25, -0.2) is 0 Å². The predicted octanol–water partition coefficient (Wildman–Crippen LogP) is 3.39. The van der Waals surface area contributed by atoms with E-state index in [1.807, 2.05) is 31.2 Å². The first kappa shape index (κ1) is 19.1. The highest BCUT2D eigenvalue weighted by atomic mass is 16.6. The van der Waals surface area contributed by atoms with Gasteiger partial charge in [0, 0.05) is 6.07 Å². The number of aryl methyl sites for hydroxylation is 1. The van der Waals surface area contributed by atoms with Crippen LogP contribution in [0.1, 0.15) is 36.6 Å². The number of nitrogens with one attached hydrogen (secondary N) is 1. The second kappa shape index (κ2) is 9.31. The fraction of sp³-hybridized carbons (Fsp3) is 0.263. The molecule has 0 fully saturated rings. The fourth-order valence-electron chi connectivity index (χ4n) is 2.36. The highest BCUT2D eigenvalue weighted by molar-refractivity contribution is 5.85. The van der Waals surface area contributed by atoms with Gasteiger partial charge >= 0.3 is 0 Å². The predicted molar refractivity (Wildman–Crippen MR) is 99.0 cm³/mol. The molecule has 0 saturated heterocycles. The minimum absolute atomic E-state index is 0.0755. The molecule has 1 N–H and O–H groups in total. The van der Waals surface area contributed by atoms with Crippen molar-refractivity contribution in [2.45, 2.75) is 26.3 Å². The molecule has 2 aromatic carbocycles. The van der Waals surface area contributed by atoms with Gasteiger partial charge in [0.15, 0.2) is 6.61 Å². The summed E-state index contributed by atoms with van der Waals surface area (Å²) < 4.78 is 0. The normalized spacial score (nSPS) is 11.9. The maximum Gasteiger partial charge on any atom is 0.278 e. The van der Waals surface area contributed by atoms with Crippen LogP contribution in [0, 0.1) is 10.1 Å². The average molecular weight is 355 g/mol. The van der Waals surface area contributed by atoms with Crippen molar-refractivity contribution in [1.82, 2.24) is 5.32 Å². The number of nitrogens with zero attached hydrogens (tertiary/aromatic N) is 2. The molecular formula is C19H21N3O4. The van der Waals surface area contributed by atoms with E-state index in [2.05, 4.69) is 17.4 Å². The van der Waals surface area contributed by atoms with Crippen LogP contribution >= 0.6 is 0 Å². The lowest BCUT2D eigenvalue weighted by Crippen LogP contribution is -2.29. The zero-order chi connectivity index (χ0) is 18.9. The van der Waals surface area contributed by atoms with Crippen molar-refractivity contribution in [2.75, 3.05) is 6.61 Å². The van der Waals surface area contributed by atoms with Crippen LogP contribution in [-0.4, -0.2) is 23.7 Å². The molecule has 0 aliphatic carbocycles. The smallest absolute Gasteiger partial charge is 0.278 e. The van der Waals surface area contributed by atoms with Crippen molar-refractivity contribution in [2.24, 2.45) is 5.16 Å². The highest BCUT2D eigenvalue weighted by Gasteiger charge is 2.11. The Hall–Kier alpha value is -3.22. The minimum Gasteiger partial charge on any atom is -0.386 e. The van der Waals surface area contributed by atoms with E-state index < -0.39 is 4.92 Å². The number of para-hydroxylation sites is 1. The molecule has 0 aliphatic heterocycles. The van der Waals surface area contributed by atoms with Gasteiger partial charge < -0.3 is 10.2 Å². The Bertz CT molecular complexity index is 788. The molecule has 1 amide bonds. The third-order valence-electron chi connectivity index (χ3n) is 3.86. The van der Waals surface area contributed by atoms with Crippen LogP contribution in [-0.2, 0) is 16.1 Å². The number of rotatable bonds is 8. The summed E-state index contributed by atoms with van der Waals surface area (Å²) in [7, 11) is 0. The SMILES string of the molecule is CCc1ccc(C(C)NC(=O)CO/N=C/c2ccccc2[N+](=O)[O-])cc1. The van der Waals surface area contributed by atoms with Gasteiger partial charge in [-0.3, -0.25) is 14.9 Å². The fourth-order valence-corrected chi connectivity index (χ4v) is 2.36. The molecule has 0 aromatic heterocycles. The van der Waals surface area contributed by atoms with Gasteiger partial charge in [0.05, 0.1) is 22.7 Å². The number of amides is 1. The molecule has 26 heavy (non-hydrogen) atoms. The molecule has 1 atom stereocenters. The third-order valence-corrected chi connectivity index (χ3v) is 3.86. The van der Waals surface area contributed by atoms with Crippen molar-refractivity contribution >= 4 is 17.8 Å². The number of carbonyl (C=O) groups is 1. The van der Waals surface area contributed by atoms with Gasteiger partial charge in [-0.05, 0) is 30.5 Å². The van der Waals surface area contributed by atoms with Gasteiger partial charge in [0.25, 0.3) is 11.6 Å². The number of nitro benzene ring substituents is 1. The lowest BCUT2D eigenvalue weighted by atomic mass is 10.1. The van der Waals surface area contributed by atoms with E-state index in [0.717, 1.165) is 12.0 Å². The first-order chi connectivity index (χ1) is 12.5. The van der Waals surface area contributed by atoms with E-state index in [-0.39, 0.29) is 24.2 Å². The van der Waals surface area contributed by atoms with E-state index in [0.29, 0.717) is 5.56 Å². The van der Waals surface area contributed by atoms with Crippen molar-refractivity contribution in [3.8, 4) is 0 Å². The second-order valence-corrected chi connectivity index (χ2v) is 5.71. The highest BCUT2D eigenvalue weighted by Crippen LogP contribution is 2.15. The van der Waals surface area contributed by atoms with Gasteiger partial charge in [-0.15, -0.1) is 0 Å². The minimum atomic E-state index is -0.500. The Labute approximate surface area is 151 Å². The van der Waals surface area contributed by atoms with Crippen LogP contribution in [0.5, 0.6) is 0 Å². The monoisotopic (exact) mass is 355 g/mol. The molecule has 0 radical (unpaired) electrons. The number of nitro groups is 1. The molecular weight excluding hydrogens is 334 g/mol. The largest absolute Gasteiger partial charge is 0.386 e. The summed E-state index contributed by atoms with van der Waals surface area (Å²) in [5, 5.41) is 17.4. The van der Waals surface area contributed by atoms with E-state index >= 15 is 0 Å². The maximum absolute atomic E-state index is 11.9. The zero-order valence-electron chi connectivity index (χ0n) is 14.7. The molecule has 0 aliphatic rings. The van der Waals surface area contributed by atoms with Gasteiger partial charge in [0.2, 0.25) is 0 Å². The molecule has 0 saturated carbocycles. The molecule has 2 aromatic rings. The number of hydrogen-bond acceptors (Lipinski definition) is 5. The molecule has 2 rings (SSSR count). The van der Waals surface area contributed by atoms with Crippen LogP contribution in [0.25, 0.3) is 0 Å².